The van der Waals surface area contributed by atoms with E-state index in [1.807, 2.05) is 12.3 Å². The number of carboxylic acid groups (broad SMARTS) is 1. The number of fused-ring (bicyclic) bond motifs is 1. The second kappa shape index (κ2) is 11.2. The van der Waals surface area contributed by atoms with Gasteiger partial charge in [-0.1, -0.05) is 6.07 Å². The normalized spacial score (nSPS) is 27.3. The Morgan fingerprint density at radius 1 is 1.23 bits per heavy atom. The van der Waals surface area contributed by atoms with Gasteiger partial charge in [0.25, 0.3) is 0 Å². The molecule has 1 aromatic rings. The minimum atomic E-state index is -5.08. The number of halogens is 3. The maximum atomic E-state index is 10.6. The minimum absolute atomic E-state index is 0.196. The van der Waals surface area contributed by atoms with Crippen LogP contribution >= 0.6 is 0 Å². The first-order valence-electron chi connectivity index (χ1n) is 10.6. The average Bonchev–Trinajstić information content (AvgIpc) is 3.11. The van der Waals surface area contributed by atoms with Crippen LogP contribution in [-0.4, -0.2) is 78.4 Å². The van der Waals surface area contributed by atoms with Crippen LogP contribution in [-0.2, 0) is 25.5 Å². The van der Waals surface area contributed by atoms with Crippen molar-refractivity contribution in [3.8, 4) is 0 Å². The van der Waals surface area contributed by atoms with E-state index >= 15 is 0 Å². The number of pyridine rings is 1. The second-order valence-electron chi connectivity index (χ2n) is 8.03. The molecule has 0 bridgehead atoms. The molecular formula is C21H29F3N2O5. The van der Waals surface area contributed by atoms with Gasteiger partial charge in [-0.2, -0.15) is 13.2 Å². The number of rotatable bonds is 5. The van der Waals surface area contributed by atoms with Crippen molar-refractivity contribution in [3.63, 3.8) is 0 Å². The SMILES string of the molecule is O=C(O)C(F)(F)F.c1ccc(CN2C[C@H](OCC3CCOCC3)[C@H]3OCCC[C@H]32)nc1. The van der Waals surface area contributed by atoms with Crippen LogP contribution < -0.4 is 0 Å². The van der Waals surface area contributed by atoms with Gasteiger partial charge in [-0.05, 0) is 43.7 Å². The summed E-state index contributed by atoms with van der Waals surface area (Å²) in [6.07, 6.45) is 1.81. The number of ether oxygens (including phenoxy) is 3. The van der Waals surface area contributed by atoms with Crippen molar-refractivity contribution in [2.45, 2.75) is 56.7 Å². The van der Waals surface area contributed by atoms with E-state index in [-0.39, 0.29) is 12.2 Å². The summed E-state index contributed by atoms with van der Waals surface area (Å²) in [4.78, 5) is 15.9. The molecule has 0 aromatic carbocycles. The zero-order chi connectivity index (χ0) is 22.3. The molecular weight excluding hydrogens is 417 g/mol. The lowest BCUT2D eigenvalue weighted by Crippen LogP contribution is -2.42. The average molecular weight is 446 g/mol. The van der Waals surface area contributed by atoms with E-state index in [0.29, 0.717) is 12.0 Å². The van der Waals surface area contributed by atoms with E-state index in [1.165, 1.54) is 6.42 Å². The molecule has 7 nitrogen and oxygen atoms in total. The van der Waals surface area contributed by atoms with Crippen molar-refractivity contribution < 1.29 is 37.3 Å². The van der Waals surface area contributed by atoms with Gasteiger partial charge in [0, 0.05) is 45.1 Å². The highest BCUT2D eigenvalue weighted by Crippen LogP contribution is 2.32. The van der Waals surface area contributed by atoms with Gasteiger partial charge in [0.1, 0.15) is 6.10 Å². The van der Waals surface area contributed by atoms with Crippen molar-refractivity contribution in [1.29, 1.82) is 0 Å². The quantitative estimate of drug-likeness (QED) is 0.745. The van der Waals surface area contributed by atoms with E-state index in [4.69, 9.17) is 24.1 Å². The summed E-state index contributed by atoms with van der Waals surface area (Å²) in [6, 6.07) is 6.61. The molecule has 3 aliphatic rings. The van der Waals surface area contributed by atoms with Crippen LogP contribution in [0.15, 0.2) is 24.4 Å². The smallest absolute Gasteiger partial charge is 0.475 e. The van der Waals surface area contributed by atoms with Gasteiger partial charge in [-0.25, -0.2) is 4.79 Å². The first-order chi connectivity index (χ1) is 14.8. The number of aromatic nitrogens is 1. The Hall–Kier alpha value is -1.75. The summed E-state index contributed by atoms with van der Waals surface area (Å²) in [5, 5.41) is 7.12. The monoisotopic (exact) mass is 446 g/mol. The van der Waals surface area contributed by atoms with Crippen LogP contribution in [0.4, 0.5) is 13.2 Å². The van der Waals surface area contributed by atoms with Gasteiger partial charge in [0.05, 0.1) is 18.4 Å². The van der Waals surface area contributed by atoms with Gasteiger partial charge < -0.3 is 19.3 Å². The molecule has 31 heavy (non-hydrogen) atoms. The highest BCUT2D eigenvalue weighted by Gasteiger charge is 2.44. The molecule has 0 amide bonds. The minimum Gasteiger partial charge on any atom is -0.475 e. The lowest BCUT2D eigenvalue weighted by Gasteiger charge is -2.32. The number of likely N-dealkylation sites (tertiary alicyclic amines) is 1. The summed E-state index contributed by atoms with van der Waals surface area (Å²) in [5.41, 5.74) is 1.13. The predicted molar refractivity (Wildman–Crippen MR) is 104 cm³/mol. The highest BCUT2D eigenvalue weighted by molar-refractivity contribution is 5.73. The molecule has 3 fully saturated rings. The number of hydrogen-bond acceptors (Lipinski definition) is 6. The van der Waals surface area contributed by atoms with Crippen LogP contribution in [0.2, 0.25) is 0 Å². The molecule has 174 valence electrons. The van der Waals surface area contributed by atoms with Crippen LogP contribution in [0.25, 0.3) is 0 Å². The first-order valence-corrected chi connectivity index (χ1v) is 10.6. The molecule has 3 saturated heterocycles. The fourth-order valence-electron chi connectivity index (χ4n) is 4.20. The van der Waals surface area contributed by atoms with Gasteiger partial charge >= 0.3 is 12.1 Å². The second-order valence-corrected chi connectivity index (χ2v) is 8.03. The van der Waals surface area contributed by atoms with Gasteiger partial charge in [-0.3, -0.25) is 9.88 Å². The first kappa shape index (κ1) is 23.9. The maximum Gasteiger partial charge on any atom is 0.490 e. The molecule has 0 unspecified atom stereocenters. The molecule has 0 radical (unpaired) electrons. The van der Waals surface area contributed by atoms with Gasteiger partial charge in [0.15, 0.2) is 0 Å². The number of alkyl halides is 3. The lowest BCUT2D eigenvalue weighted by atomic mass is 10.0. The molecule has 3 aliphatic heterocycles. The molecule has 1 aromatic heterocycles. The third kappa shape index (κ3) is 7.13. The molecule has 0 aliphatic carbocycles. The van der Waals surface area contributed by atoms with E-state index < -0.39 is 12.1 Å². The number of aliphatic carboxylic acids is 1. The summed E-state index contributed by atoms with van der Waals surface area (Å²) < 4.78 is 49.6. The van der Waals surface area contributed by atoms with Crippen LogP contribution in [0, 0.1) is 5.92 Å². The van der Waals surface area contributed by atoms with E-state index in [9.17, 15) is 13.2 Å². The van der Waals surface area contributed by atoms with E-state index in [2.05, 4.69) is 22.0 Å². The highest BCUT2D eigenvalue weighted by atomic mass is 19.4. The fourth-order valence-corrected chi connectivity index (χ4v) is 4.20. The number of nitrogens with zero attached hydrogens (tertiary/aromatic N) is 2. The third-order valence-corrected chi connectivity index (χ3v) is 5.80. The van der Waals surface area contributed by atoms with Gasteiger partial charge in [0.2, 0.25) is 0 Å². The Kier molecular flexibility index (Phi) is 8.65. The summed E-state index contributed by atoms with van der Waals surface area (Å²) in [5.74, 6) is -2.11. The molecule has 1 N–H and O–H groups in total. The third-order valence-electron chi connectivity index (χ3n) is 5.80. The van der Waals surface area contributed by atoms with Crippen LogP contribution in [0.5, 0.6) is 0 Å². The van der Waals surface area contributed by atoms with Gasteiger partial charge in [-0.15, -0.1) is 0 Å². The molecule has 10 heteroatoms. The fraction of sp³-hybridized carbons (Fsp3) is 0.714. The lowest BCUT2D eigenvalue weighted by molar-refractivity contribution is -0.192. The maximum absolute atomic E-state index is 10.6. The number of carbonyl (C=O) groups is 1. The molecule has 4 rings (SSSR count). The van der Waals surface area contributed by atoms with Crippen molar-refractivity contribution in [2.75, 3.05) is 33.0 Å². The van der Waals surface area contributed by atoms with Crippen molar-refractivity contribution in [3.05, 3.63) is 30.1 Å². The van der Waals surface area contributed by atoms with Crippen molar-refractivity contribution in [2.24, 2.45) is 5.92 Å². The topological polar surface area (TPSA) is 81.1 Å². The Balaban J connectivity index is 0.000000339. The van der Waals surface area contributed by atoms with Crippen LogP contribution in [0.3, 0.4) is 0 Å². The Bertz CT molecular complexity index is 685. The zero-order valence-corrected chi connectivity index (χ0v) is 17.3. The summed E-state index contributed by atoms with van der Waals surface area (Å²) in [7, 11) is 0. The summed E-state index contributed by atoms with van der Waals surface area (Å²) >= 11 is 0. The van der Waals surface area contributed by atoms with Crippen molar-refractivity contribution >= 4 is 5.97 Å². The number of hydrogen-bond donors (Lipinski definition) is 1. The molecule has 3 atom stereocenters. The summed E-state index contributed by atoms with van der Waals surface area (Å²) in [6.45, 7) is 5.32. The van der Waals surface area contributed by atoms with E-state index in [0.717, 1.165) is 64.5 Å². The Morgan fingerprint density at radius 3 is 2.61 bits per heavy atom. The van der Waals surface area contributed by atoms with E-state index in [1.54, 1.807) is 0 Å². The molecule has 0 spiro atoms. The Morgan fingerprint density at radius 2 is 1.97 bits per heavy atom. The number of carboxylic acids is 1. The van der Waals surface area contributed by atoms with Crippen LogP contribution in [0.1, 0.15) is 31.4 Å². The zero-order valence-electron chi connectivity index (χ0n) is 17.3. The van der Waals surface area contributed by atoms with Crippen molar-refractivity contribution in [1.82, 2.24) is 9.88 Å². The predicted octanol–water partition coefficient (Wildman–Crippen LogP) is 2.89. The molecule has 4 heterocycles. The Labute approximate surface area is 179 Å². The molecule has 0 saturated carbocycles. The standard InChI is InChI=1S/C19H28N2O3.C2HF3O2/c1-2-8-20-16(4-1)12-21-13-18(19-17(21)5-3-9-23-19)24-14-15-6-10-22-11-7-15;3-2(4,5)1(6)7/h1-2,4,8,15,17-19H,3,5-7,9-14H2;(H,6,7)/t17-,18+,19+;/m1./s1. The largest absolute Gasteiger partial charge is 0.490 e.